The Kier molecular flexibility index (Phi) is 4.84. The maximum Gasteiger partial charge on any atom is 0.223 e. The zero-order valence-electron chi connectivity index (χ0n) is 15.9. The van der Waals surface area contributed by atoms with Crippen LogP contribution in [0.15, 0.2) is 48.5 Å². The molecule has 1 aliphatic heterocycles. The molecule has 1 atom stereocenters. The molecule has 2 heterocycles. The molecule has 2 aromatic carbocycles. The summed E-state index contributed by atoms with van der Waals surface area (Å²) in [5.41, 5.74) is 3.30. The summed E-state index contributed by atoms with van der Waals surface area (Å²) in [5.74, 6) is 2.22. The first-order valence-corrected chi connectivity index (χ1v) is 9.55. The van der Waals surface area contributed by atoms with E-state index in [2.05, 4.69) is 29.7 Å². The number of likely N-dealkylation sites (tertiary alicyclic amines) is 1. The Balaban J connectivity index is 1.56. The molecule has 0 spiro atoms. The second-order valence-electron chi connectivity index (χ2n) is 7.13. The Labute approximate surface area is 159 Å². The van der Waals surface area contributed by atoms with E-state index >= 15 is 0 Å². The van der Waals surface area contributed by atoms with E-state index in [0.29, 0.717) is 13.0 Å². The highest BCUT2D eigenvalue weighted by molar-refractivity contribution is 5.81. The second-order valence-corrected chi connectivity index (χ2v) is 7.13. The Morgan fingerprint density at radius 1 is 1.15 bits per heavy atom. The Morgan fingerprint density at radius 3 is 2.67 bits per heavy atom. The number of amides is 1. The fourth-order valence-corrected chi connectivity index (χ4v) is 3.91. The van der Waals surface area contributed by atoms with Gasteiger partial charge in [-0.3, -0.25) is 4.79 Å². The van der Waals surface area contributed by atoms with Gasteiger partial charge in [0.15, 0.2) is 0 Å². The van der Waals surface area contributed by atoms with E-state index in [0.717, 1.165) is 47.7 Å². The van der Waals surface area contributed by atoms with E-state index < -0.39 is 0 Å². The van der Waals surface area contributed by atoms with Crippen molar-refractivity contribution in [2.45, 2.75) is 38.8 Å². The van der Waals surface area contributed by atoms with Crippen LogP contribution >= 0.6 is 0 Å². The third kappa shape index (κ3) is 3.42. The number of imidazole rings is 1. The van der Waals surface area contributed by atoms with Gasteiger partial charge in [0.2, 0.25) is 5.91 Å². The van der Waals surface area contributed by atoms with Crippen LogP contribution in [0.3, 0.4) is 0 Å². The minimum Gasteiger partial charge on any atom is -0.497 e. The van der Waals surface area contributed by atoms with Crippen molar-refractivity contribution in [3.63, 3.8) is 0 Å². The first-order chi connectivity index (χ1) is 13.2. The quantitative estimate of drug-likeness (QED) is 0.666. The van der Waals surface area contributed by atoms with Crippen molar-refractivity contribution in [3.8, 4) is 5.75 Å². The average molecular weight is 363 g/mol. The third-order valence-electron chi connectivity index (χ3n) is 5.24. The summed E-state index contributed by atoms with van der Waals surface area (Å²) in [6, 6.07) is 16.2. The van der Waals surface area contributed by atoms with Crippen LogP contribution in [-0.4, -0.2) is 34.0 Å². The number of hydrogen-bond donors (Lipinski definition) is 0. The topological polar surface area (TPSA) is 47.4 Å². The van der Waals surface area contributed by atoms with Crippen LogP contribution in [-0.2, 0) is 17.9 Å². The van der Waals surface area contributed by atoms with Crippen molar-refractivity contribution >= 4 is 16.9 Å². The van der Waals surface area contributed by atoms with Gasteiger partial charge in [-0.2, -0.15) is 0 Å². The maximum absolute atomic E-state index is 12.6. The molecule has 1 fully saturated rings. The van der Waals surface area contributed by atoms with Gasteiger partial charge in [0.25, 0.3) is 0 Å². The minimum absolute atomic E-state index is 0.148. The monoisotopic (exact) mass is 363 g/mol. The summed E-state index contributed by atoms with van der Waals surface area (Å²) in [7, 11) is 1.66. The molecule has 0 N–H and O–H groups in total. The van der Waals surface area contributed by atoms with Gasteiger partial charge < -0.3 is 14.2 Å². The van der Waals surface area contributed by atoms with Crippen LogP contribution in [0.1, 0.15) is 37.1 Å². The maximum atomic E-state index is 12.6. The molecule has 0 radical (unpaired) electrons. The molecule has 3 aromatic rings. The smallest absolute Gasteiger partial charge is 0.223 e. The SMILES string of the molecule is CCCn1c(C2CC(=O)N(Cc3ccc(OC)cc3)C2)nc2ccccc21. The van der Waals surface area contributed by atoms with Crippen LogP contribution in [0.5, 0.6) is 5.75 Å². The van der Waals surface area contributed by atoms with E-state index in [1.165, 1.54) is 0 Å². The molecule has 0 saturated carbocycles. The highest BCUT2D eigenvalue weighted by Crippen LogP contribution is 2.31. The van der Waals surface area contributed by atoms with Crippen molar-refractivity contribution in [1.82, 2.24) is 14.5 Å². The highest BCUT2D eigenvalue weighted by Gasteiger charge is 2.33. The number of ether oxygens (including phenoxy) is 1. The van der Waals surface area contributed by atoms with Gasteiger partial charge in [-0.05, 0) is 36.2 Å². The number of carbonyl (C=O) groups is 1. The number of hydrogen-bond acceptors (Lipinski definition) is 3. The molecule has 1 aliphatic rings. The molecule has 27 heavy (non-hydrogen) atoms. The third-order valence-corrected chi connectivity index (χ3v) is 5.24. The van der Waals surface area contributed by atoms with Gasteiger partial charge in [0.1, 0.15) is 11.6 Å². The van der Waals surface area contributed by atoms with Crippen molar-refractivity contribution < 1.29 is 9.53 Å². The number of fused-ring (bicyclic) bond motifs is 1. The lowest BCUT2D eigenvalue weighted by Gasteiger charge is -2.17. The fourth-order valence-electron chi connectivity index (χ4n) is 3.91. The zero-order valence-corrected chi connectivity index (χ0v) is 15.9. The zero-order chi connectivity index (χ0) is 18.8. The predicted octanol–water partition coefficient (Wildman–Crippen LogP) is 3.97. The first kappa shape index (κ1) is 17.6. The molecule has 1 amide bonds. The molecule has 5 heteroatoms. The number of carbonyl (C=O) groups excluding carboxylic acids is 1. The van der Waals surface area contributed by atoms with Gasteiger partial charge in [0.05, 0.1) is 18.1 Å². The predicted molar refractivity (Wildman–Crippen MR) is 106 cm³/mol. The summed E-state index contributed by atoms with van der Waals surface area (Å²) in [6.45, 7) is 4.46. The van der Waals surface area contributed by atoms with Crippen LogP contribution in [0, 0.1) is 0 Å². The van der Waals surface area contributed by atoms with Gasteiger partial charge in [-0.25, -0.2) is 4.98 Å². The molecule has 0 bridgehead atoms. The number of aryl methyl sites for hydroxylation is 1. The average Bonchev–Trinajstić information content (AvgIpc) is 3.24. The molecule has 140 valence electrons. The van der Waals surface area contributed by atoms with Crippen molar-refractivity contribution in [3.05, 3.63) is 59.9 Å². The van der Waals surface area contributed by atoms with Gasteiger partial charge in [-0.15, -0.1) is 0 Å². The lowest BCUT2D eigenvalue weighted by atomic mass is 10.1. The van der Waals surface area contributed by atoms with Crippen molar-refractivity contribution in [2.75, 3.05) is 13.7 Å². The molecular formula is C22H25N3O2. The molecule has 4 rings (SSSR count). The van der Waals surface area contributed by atoms with E-state index in [-0.39, 0.29) is 11.8 Å². The standard InChI is InChI=1S/C22H25N3O2/c1-3-12-25-20-7-5-4-6-19(20)23-22(25)17-13-21(26)24(15-17)14-16-8-10-18(27-2)11-9-16/h4-11,17H,3,12-15H2,1-2H3. The van der Waals surface area contributed by atoms with Gasteiger partial charge in [-0.1, -0.05) is 31.2 Å². The minimum atomic E-state index is 0.148. The lowest BCUT2D eigenvalue weighted by molar-refractivity contribution is -0.128. The largest absolute Gasteiger partial charge is 0.497 e. The molecule has 1 unspecified atom stereocenters. The van der Waals surface area contributed by atoms with E-state index in [1.54, 1.807) is 7.11 Å². The van der Waals surface area contributed by atoms with E-state index in [4.69, 9.17) is 9.72 Å². The van der Waals surface area contributed by atoms with Crippen LogP contribution in [0.4, 0.5) is 0 Å². The molecular weight excluding hydrogens is 338 g/mol. The van der Waals surface area contributed by atoms with E-state index in [1.807, 2.05) is 35.2 Å². The normalized spacial score (nSPS) is 17.0. The number of rotatable bonds is 6. The van der Waals surface area contributed by atoms with Gasteiger partial charge >= 0.3 is 0 Å². The Morgan fingerprint density at radius 2 is 1.93 bits per heavy atom. The Hall–Kier alpha value is -2.82. The Bertz CT molecular complexity index is 946. The molecule has 1 saturated heterocycles. The molecule has 0 aliphatic carbocycles. The van der Waals surface area contributed by atoms with Crippen molar-refractivity contribution in [1.29, 1.82) is 0 Å². The van der Waals surface area contributed by atoms with Crippen LogP contribution in [0.2, 0.25) is 0 Å². The fraction of sp³-hybridized carbons (Fsp3) is 0.364. The molecule has 5 nitrogen and oxygen atoms in total. The number of nitrogens with zero attached hydrogens (tertiary/aromatic N) is 3. The summed E-state index contributed by atoms with van der Waals surface area (Å²) in [6.07, 6.45) is 1.58. The number of para-hydroxylation sites is 2. The number of benzene rings is 2. The number of methoxy groups -OCH3 is 1. The summed E-state index contributed by atoms with van der Waals surface area (Å²) in [5, 5.41) is 0. The molecule has 1 aromatic heterocycles. The van der Waals surface area contributed by atoms with Crippen LogP contribution in [0.25, 0.3) is 11.0 Å². The summed E-state index contributed by atoms with van der Waals surface area (Å²) < 4.78 is 7.50. The highest BCUT2D eigenvalue weighted by atomic mass is 16.5. The van der Waals surface area contributed by atoms with E-state index in [9.17, 15) is 4.79 Å². The summed E-state index contributed by atoms with van der Waals surface area (Å²) in [4.78, 5) is 19.5. The summed E-state index contributed by atoms with van der Waals surface area (Å²) >= 11 is 0. The second kappa shape index (κ2) is 7.43. The van der Waals surface area contributed by atoms with Crippen LogP contribution < -0.4 is 4.74 Å². The first-order valence-electron chi connectivity index (χ1n) is 9.55. The number of aromatic nitrogens is 2. The lowest BCUT2D eigenvalue weighted by Crippen LogP contribution is -2.24. The van der Waals surface area contributed by atoms with Crippen molar-refractivity contribution in [2.24, 2.45) is 0 Å². The van der Waals surface area contributed by atoms with Gasteiger partial charge in [0, 0.05) is 32.0 Å².